The highest BCUT2D eigenvalue weighted by molar-refractivity contribution is 6.45. The maximum absolute atomic E-state index is 13.8. The fourth-order valence-corrected chi connectivity index (χ4v) is 4.09. The molecule has 1 unspecified atom stereocenters. The molecule has 0 aliphatic carbocycles. The number of anilines is 1. The molecule has 156 valence electrons. The molecule has 2 aromatic rings. The molecule has 0 saturated carbocycles. The third-order valence-electron chi connectivity index (χ3n) is 5.45. The number of rotatable bonds is 4. The summed E-state index contributed by atoms with van der Waals surface area (Å²) in [6.07, 6.45) is 1.58. The molecule has 1 saturated heterocycles. The Balaban J connectivity index is 1.81. The van der Waals surface area contributed by atoms with Crippen LogP contribution in [0.4, 0.5) is 14.5 Å². The lowest BCUT2D eigenvalue weighted by atomic mass is 9.97. The summed E-state index contributed by atoms with van der Waals surface area (Å²) in [4.78, 5) is 29.3. The number of likely N-dealkylation sites (tertiary alicyclic amines) is 1. The number of carbonyl (C=O) groups is 2. The fourth-order valence-electron chi connectivity index (χ4n) is 3.96. The Hall–Kier alpha value is -2.77. The summed E-state index contributed by atoms with van der Waals surface area (Å²) in [5.74, 6) is -3.44. The topological polar surface area (TPSA) is 60.9 Å². The summed E-state index contributed by atoms with van der Waals surface area (Å²) in [5, 5.41) is 10.1. The number of imide groups is 1. The van der Waals surface area contributed by atoms with Gasteiger partial charge in [-0.05, 0) is 48.6 Å². The van der Waals surface area contributed by atoms with Gasteiger partial charge < -0.3 is 10.0 Å². The highest BCUT2D eigenvalue weighted by Crippen LogP contribution is 2.37. The number of halogens is 3. The maximum Gasteiger partial charge on any atom is 0.282 e. The quantitative estimate of drug-likeness (QED) is 0.750. The van der Waals surface area contributed by atoms with Crippen molar-refractivity contribution in [2.45, 2.75) is 12.8 Å². The molecule has 4 rings (SSSR count). The van der Waals surface area contributed by atoms with Gasteiger partial charge in [0.25, 0.3) is 11.8 Å². The number of hydrogen-bond acceptors (Lipinski definition) is 4. The van der Waals surface area contributed by atoms with Crippen molar-refractivity contribution >= 4 is 34.7 Å². The summed E-state index contributed by atoms with van der Waals surface area (Å²) in [6.45, 7) is 0.955. The molecule has 2 aliphatic rings. The Morgan fingerprint density at radius 1 is 1.03 bits per heavy atom. The second-order valence-corrected chi connectivity index (χ2v) is 7.85. The SMILES string of the molecule is O=C1C(c2ccc(Cl)cc2)=C(N2CCCC(CO)C2)C(=O)N1c1ccc(F)c(F)c1. The maximum atomic E-state index is 13.8. The van der Waals surface area contributed by atoms with Crippen LogP contribution in [-0.2, 0) is 9.59 Å². The molecule has 2 amide bonds. The Morgan fingerprint density at radius 3 is 2.43 bits per heavy atom. The van der Waals surface area contributed by atoms with Gasteiger partial charge in [-0.25, -0.2) is 13.7 Å². The van der Waals surface area contributed by atoms with E-state index in [0.29, 0.717) is 23.7 Å². The van der Waals surface area contributed by atoms with E-state index in [4.69, 9.17) is 11.6 Å². The number of benzene rings is 2. The number of amides is 2. The molecule has 2 heterocycles. The number of nitrogens with zero attached hydrogens (tertiary/aromatic N) is 2. The van der Waals surface area contributed by atoms with Crippen molar-refractivity contribution in [3.8, 4) is 0 Å². The number of aliphatic hydroxyl groups is 1. The van der Waals surface area contributed by atoms with E-state index in [1.165, 1.54) is 6.07 Å². The smallest absolute Gasteiger partial charge is 0.282 e. The van der Waals surface area contributed by atoms with Gasteiger partial charge in [-0.1, -0.05) is 23.7 Å². The summed E-state index contributed by atoms with van der Waals surface area (Å²) in [5.41, 5.74) is 0.843. The minimum absolute atomic E-state index is 0.0158. The van der Waals surface area contributed by atoms with Crippen molar-refractivity contribution in [3.05, 3.63) is 70.4 Å². The van der Waals surface area contributed by atoms with Crippen LogP contribution in [-0.4, -0.2) is 41.5 Å². The van der Waals surface area contributed by atoms with E-state index < -0.39 is 23.4 Å². The van der Waals surface area contributed by atoms with Crippen LogP contribution in [0.5, 0.6) is 0 Å². The van der Waals surface area contributed by atoms with Gasteiger partial charge in [-0.2, -0.15) is 0 Å². The van der Waals surface area contributed by atoms with E-state index in [9.17, 15) is 23.5 Å². The summed E-state index contributed by atoms with van der Waals surface area (Å²) in [7, 11) is 0. The molecule has 1 atom stereocenters. The lowest BCUT2D eigenvalue weighted by Crippen LogP contribution is -2.40. The standard InChI is InChI=1S/C22H19ClF2N2O3/c23-15-5-3-14(4-6-15)19-20(26-9-1-2-13(11-26)12-28)22(30)27(21(19)29)16-7-8-17(24)18(25)10-16/h3-8,10,13,28H,1-2,9,11-12H2. The van der Waals surface area contributed by atoms with Crippen LogP contribution >= 0.6 is 11.6 Å². The minimum Gasteiger partial charge on any atom is -0.396 e. The van der Waals surface area contributed by atoms with Crippen molar-refractivity contribution in [1.82, 2.24) is 4.90 Å². The van der Waals surface area contributed by atoms with E-state index in [0.717, 1.165) is 29.9 Å². The number of hydrogen-bond donors (Lipinski definition) is 1. The molecular formula is C22H19ClF2N2O3. The molecule has 0 aromatic heterocycles. The first-order chi connectivity index (χ1) is 14.4. The predicted molar refractivity (Wildman–Crippen MR) is 109 cm³/mol. The van der Waals surface area contributed by atoms with Gasteiger partial charge in [0.15, 0.2) is 11.6 Å². The predicted octanol–water partition coefficient (Wildman–Crippen LogP) is 3.61. The van der Waals surface area contributed by atoms with E-state index in [-0.39, 0.29) is 29.5 Å². The molecule has 0 radical (unpaired) electrons. The first-order valence-electron chi connectivity index (χ1n) is 9.60. The van der Waals surface area contributed by atoms with Gasteiger partial charge in [0.1, 0.15) is 5.70 Å². The number of carbonyl (C=O) groups excluding carboxylic acids is 2. The number of piperidine rings is 1. The monoisotopic (exact) mass is 432 g/mol. The molecule has 2 aliphatic heterocycles. The Labute approximate surface area is 177 Å². The van der Waals surface area contributed by atoms with Gasteiger partial charge >= 0.3 is 0 Å². The Kier molecular flexibility index (Phi) is 5.58. The van der Waals surface area contributed by atoms with Crippen LogP contribution in [0.3, 0.4) is 0 Å². The van der Waals surface area contributed by atoms with Gasteiger partial charge in [-0.3, -0.25) is 9.59 Å². The second kappa shape index (κ2) is 8.16. The summed E-state index contributed by atoms with van der Waals surface area (Å²) in [6, 6.07) is 9.44. The zero-order valence-electron chi connectivity index (χ0n) is 15.9. The number of aliphatic hydroxyl groups excluding tert-OH is 1. The Bertz CT molecular complexity index is 1040. The van der Waals surface area contributed by atoms with Crippen molar-refractivity contribution in [3.63, 3.8) is 0 Å². The molecule has 5 nitrogen and oxygen atoms in total. The van der Waals surface area contributed by atoms with Crippen LogP contribution in [0.25, 0.3) is 5.57 Å². The van der Waals surface area contributed by atoms with Gasteiger partial charge in [0.05, 0.1) is 11.3 Å². The van der Waals surface area contributed by atoms with E-state index >= 15 is 0 Å². The molecule has 1 N–H and O–H groups in total. The lowest BCUT2D eigenvalue weighted by Gasteiger charge is -2.34. The normalized spacial score (nSPS) is 19.8. The van der Waals surface area contributed by atoms with Crippen LogP contribution in [0.2, 0.25) is 5.02 Å². The molecule has 0 bridgehead atoms. The zero-order chi connectivity index (χ0) is 21.4. The second-order valence-electron chi connectivity index (χ2n) is 7.41. The van der Waals surface area contributed by atoms with Gasteiger partial charge in [0, 0.05) is 30.8 Å². The summed E-state index contributed by atoms with van der Waals surface area (Å²) < 4.78 is 27.2. The molecule has 2 aromatic carbocycles. The van der Waals surface area contributed by atoms with E-state index in [2.05, 4.69) is 0 Å². The van der Waals surface area contributed by atoms with Crippen LogP contribution in [0.1, 0.15) is 18.4 Å². The molecular weight excluding hydrogens is 414 g/mol. The molecule has 0 spiro atoms. The van der Waals surface area contributed by atoms with Crippen molar-refractivity contribution in [1.29, 1.82) is 0 Å². The van der Waals surface area contributed by atoms with Crippen LogP contribution < -0.4 is 4.90 Å². The fraction of sp³-hybridized carbons (Fsp3) is 0.273. The van der Waals surface area contributed by atoms with E-state index in [1.807, 2.05) is 0 Å². The highest BCUT2D eigenvalue weighted by atomic mass is 35.5. The van der Waals surface area contributed by atoms with Crippen molar-refractivity contribution in [2.24, 2.45) is 5.92 Å². The average molecular weight is 433 g/mol. The third kappa shape index (κ3) is 3.59. The van der Waals surface area contributed by atoms with Crippen molar-refractivity contribution < 1.29 is 23.5 Å². The first-order valence-corrected chi connectivity index (χ1v) is 9.98. The van der Waals surface area contributed by atoms with Gasteiger partial charge in [0.2, 0.25) is 0 Å². The molecule has 1 fully saturated rings. The molecule has 30 heavy (non-hydrogen) atoms. The minimum atomic E-state index is -1.15. The Morgan fingerprint density at radius 2 is 1.77 bits per heavy atom. The van der Waals surface area contributed by atoms with Crippen LogP contribution in [0.15, 0.2) is 48.2 Å². The van der Waals surface area contributed by atoms with Crippen molar-refractivity contribution in [2.75, 3.05) is 24.6 Å². The first kappa shape index (κ1) is 20.5. The van der Waals surface area contributed by atoms with Gasteiger partial charge in [-0.15, -0.1) is 0 Å². The highest BCUT2D eigenvalue weighted by Gasteiger charge is 2.43. The average Bonchev–Trinajstić information content (AvgIpc) is 3.01. The molecule has 8 heteroatoms. The zero-order valence-corrected chi connectivity index (χ0v) is 16.7. The third-order valence-corrected chi connectivity index (χ3v) is 5.70. The largest absolute Gasteiger partial charge is 0.396 e. The summed E-state index contributed by atoms with van der Waals surface area (Å²) >= 11 is 5.97. The lowest BCUT2D eigenvalue weighted by molar-refractivity contribution is -0.120. The van der Waals surface area contributed by atoms with E-state index in [1.54, 1.807) is 29.2 Å². The van der Waals surface area contributed by atoms with Crippen LogP contribution in [0, 0.1) is 17.6 Å².